The van der Waals surface area contributed by atoms with Crippen molar-refractivity contribution in [3.05, 3.63) is 36.0 Å². The summed E-state index contributed by atoms with van der Waals surface area (Å²) in [5, 5.41) is 24.2. The van der Waals surface area contributed by atoms with Crippen LogP contribution in [0.3, 0.4) is 0 Å². The molecule has 7 nitrogen and oxygen atoms in total. The summed E-state index contributed by atoms with van der Waals surface area (Å²) in [4.78, 5) is 13.8. The molecule has 0 bridgehead atoms. The first-order valence-corrected chi connectivity index (χ1v) is 10.1. The standard InChI is InChI=1S/C21H29N5O2/c1-16-13-19(24-20(23-16)17-5-2-3-6-18(17)27)26-11-9-25(10-12-26)15-21(28)7-4-8-22-14-21/h2-3,5-6,13,22,27-28H,4,7-12,14-15H2,1H3. The maximum absolute atomic E-state index is 10.8. The minimum Gasteiger partial charge on any atom is -0.507 e. The van der Waals surface area contributed by atoms with E-state index in [2.05, 4.69) is 20.1 Å². The molecule has 4 rings (SSSR count). The van der Waals surface area contributed by atoms with Crippen LogP contribution in [0.2, 0.25) is 0 Å². The number of para-hydroxylation sites is 1. The molecule has 1 unspecified atom stereocenters. The zero-order valence-corrected chi connectivity index (χ0v) is 16.4. The van der Waals surface area contributed by atoms with Gasteiger partial charge in [0.25, 0.3) is 0 Å². The average molecular weight is 383 g/mol. The number of piperidine rings is 1. The number of aromatic nitrogens is 2. The van der Waals surface area contributed by atoms with Gasteiger partial charge in [-0.25, -0.2) is 9.97 Å². The van der Waals surface area contributed by atoms with Crippen molar-refractivity contribution in [2.24, 2.45) is 0 Å². The minimum absolute atomic E-state index is 0.193. The van der Waals surface area contributed by atoms with Gasteiger partial charge < -0.3 is 20.4 Å². The predicted octanol–water partition coefficient (Wildman–Crippen LogP) is 1.39. The van der Waals surface area contributed by atoms with Gasteiger partial charge in [0.05, 0.1) is 11.2 Å². The van der Waals surface area contributed by atoms with Crippen LogP contribution >= 0.6 is 0 Å². The number of piperazine rings is 1. The van der Waals surface area contributed by atoms with Crippen molar-refractivity contribution in [1.82, 2.24) is 20.2 Å². The molecule has 2 aromatic rings. The highest BCUT2D eigenvalue weighted by atomic mass is 16.3. The second kappa shape index (κ2) is 8.03. The maximum atomic E-state index is 10.8. The van der Waals surface area contributed by atoms with Gasteiger partial charge in [0.2, 0.25) is 0 Å². The molecule has 2 saturated heterocycles. The number of rotatable bonds is 4. The lowest BCUT2D eigenvalue weighted by molar-refractivity contribution is -0.0164. The Kier molecular flexibility index (Phi) is 5.48. The summed E-state index contributed by atoms with van der Waals surface area (Å²) >= 11 is 0. The van der Waals surface area contributed by atoms with Crippen LogP contribution in [-0.4, -0.2) is 76.5 Å². The minimum atomic E-state index is -0.607. The molecule has 1 aromatic heterocycles. The van der Waals surface area contributed by atoms with Crippen LogP contribution in [0.4, 0.5) is 5.82 Å². The lowest BCUT2D eigenvalue weighted by atomic mass is 9.93. The summed E-state index contributed by atoms with van der Waals surface area (Å²) in [7, 11) is 0. The fourth-order valence-corrected chi connectivity index (χ4v) is 4.14. The second-order valence-electron chi connectivity index (χ2n) is 7.98. The number of benzene rings is 1. The van der Waals surface area contributed by atoms with Crippen LogP contribution in [0.15, 0.2) is 30.3 Å². The van der Waals surface area contributed by atoms with Gasteiger partial charge in [-0.2, -0.15) is 0 Å². The number of aliphatic hydroxyl groups is 1. The van der Waals surface area contributed by atoms with E-state index in [1.165, 1.54) is 0 Å². The first kappa shape index (κ1) is 19.1. The van der Waals surface area contributed by atoms with Crippen LogP contribution in [-0.2, 0) is 0 Å². The van der Waals surface area contributed by atoms with Crippen molar-refractivity contribution in [3.63, 3.8) is 0 Å². The van der Waals surface area contributed by atoms with Crippen molar-refractivity contribution in [3.8, 4) is 17.1 Å². The number of phenols is 1. The molecular formula is C21H29N5O2. The van der Waals surface area contributed by atoms with Gasteiger partial charge >= 0.3 is 0 Å². The van der Waals surface area contributed by atoms with Crippen molar-refractivity contribution >= 4 is 5.82 Å². The summed E-state index contributed by atoms with van der Waals surface area (Å²) in [6.45, 7) is 7.88. The number of anilines is 1. The Bertz CT molecular complexity index is 814. The molecule has 2 fully saturated rings. The molecule has 0 aliphatic carbocycles. The van der Waals surface area contributed by atoms with Crippen LogP contribution in [0, 0.1) is 6.92 Å². The Labute approximate surface area is 166 Å². The van der Waals surface area contributed by atoms with Crippen molar-refractivity contribution in [2.45, 2.75) is 25.4 Å². The molecule has 2 aliphatic heterocycles. The smallest absolute Gasteiger partial charge is 0.165 e. The summed E-state index contributed by atoms with van der Waals surface area (Å²) in [5.74, 6) is 1.64. The first-order chi connectivity index (χ1) is 13.5. The molecule has 150 valence electrons. The highest BCUT2D eigenvalue weighted by Crippen LogP contribution is 2.28. The molecule has 1 atom stereocenters. The Morgan fingerprint density at radius 1 is 1.14 bits per heavy atom. The molecule has 28 heavy (non-hydrogen) atoms. The van der Waals surface area contributed by atoms with Crippen LogP contribution in [0.25, 0.3) is 11.4 Å². The van der Waals surface area contributed by atoms with E-state index in [4.69, 9.17) is 4.98 Å². The van der Waals surface area contributed by atoms with Crippen LogP contribution in [0.1, 0.15) is 18.5 Å². The van der Waals surface area contributed by atoms with E-state index in [9.17, 15) is 10.2 Å². The fourth-order valence-electron chi connectivity index (χ4n) is 4.14. The number of phenolic OH excluding ortho intramolecular Hbond substituents is 1. The number of nitrogens with zero attached hydrogens (tertiary/aromatic N) is 4. The molecule has 0 radical (unpaired) electrons. The maximum Gasteiger partial charge on any atom is 0.165 e. The summed E-state index contributed by atoms with van der Waals surface area (Å²) in [6.07, 6.45) is 1.90. The van der Waals surface area contributed by atoms with Gasteiger partial charge in [0.1, 0.15) is 11.6 Å². The topological polar surface area (TPSA) is 84.8 Å². The van der Waals surface area contributed by atoms with E-state index in [0.717, 1.165) is 63.6 Å². The Morgan fingerprint density at radius 2 is 1.93 bits per heavy atom. The summed E-state index contributed by atoms with van der Waals surface area (Å²) < 4.78 is 0. The van der Waals surface area contributed by atoms with Gasteiger partial charge in [-0.15, -0.1) is 0 Å². The lowest BCUT2D eigenvalue weighted by Crippen LogP contribution is -2.56. The van der Waals surface area contributed by atoms with Crippen molar-refractivity contribution < 1.29 is 10.2 Å². The molecular weight excluding hydrogens is 354 g/mol. The highest BCUT2D eigenvalue weighted by Gasteiger charge is 2.32. The number of hydrogen-bond acceptors (Lipinski definition) is 7. The van der Waals surface area contributed by atoms with E-state index in [1.807, 2.05) is 25.1 Å². The van der Waals surface area contributed by atoms with E-state index in [-0.39, 0.29) is 5.75 Å². The molecule has 0 spiro atoms. The fraction of sp³-hybridized carbons (Fsp3) is 0.524. The molecule has 3 heterocycles. The van der Waals surface area contributed by atoms with Crippen LogP contribution < -0.4 is 10.2 Å². The first-order valence-electron chi connectivity index (χ1n) is 10.1. The molecule has 0 amide bonds. The van der Waals surface area contributed by atoms with Crippen molar-refractivity contribution in [1.29, 1.82) is 0 Å². The SMILES string of the molecule is Cc1cc(N2CCN(CC3(O)CCCNC3)CC2)nc(-c2ccccc2O)n1. The molecule has 3 N–H and O–H groups in total. The third-order valence-corrected chi connectivity index (χ3v) is 5.65. The van der Waals surface area contributed by atoms with Gasteiger partial charge in [0, 0.05) is 51.0 Å². The number of aryl methyl sites for hydroxylation is 1. The number of nitrogens with one attached hydrogen (secondary N) is 1. The third-order valence-electron chi connectivity index (χ3n) is 5.65. The van der Waals surface area contributed by atoms with E-state index >= 15 is 0 Å². The monoisotopic (exact) mass is 383 g/mol. The number of β-amino-alcohol motifs (C(OH)–C–C–N with tert-alkyl or cyclic N) is 1. The molecule has 1 aromatic carbocycles. The number of hydrogen-bond donors (Lipinski definition) is 3. The summed E-state index contributed by atoms with van der Waals surface area (Å²) in [6, 6.07) is 9.17. The Hall–Kier alpha value is -2.22. The van der Waals surface area contributed by atoms with Gasteiger partial charge in [0.15, 0.2) is 5.82 Å². The second-order valence-corrected chi connectivity index (χ2v) is 7.98. The van der Waals surface area contributed by atoms with Crippen molar-refractivity contribution in [2.75, 3.05) is 50.7 Å². The molecule has 7 heteroatoms. The largest absolute Gasteiger partial charge is 0.507 e. The third kappa shape index (κ3) is 4.27. The molecule has 2 aliphatic rings. The summed E-state index contributed by atoms with van der Waals surface area (Å²) in [5.41, 5.74) is 0.926. The Balaban J connectivity index is 1.44. The van der Waals surface area contributed by atoms with E-state index < -0.39 is 5.60 Å². The highest BCUT2D eigenvalue weighted by molar-refractivity contribution is 5.65. The zero-order chi connectivity index (χ0) is 19.6. The Morgan fingerprint density at radius 3 is 2.64 bits per heavy atom. The normalized spacial score (nSPS) is 23.7. The van der Waals surface area contributed by atoms with Gasteiger partial charge in [-0.05, 0) is 38.4 Å². The van der Waals surface area contributed by atoms with E-state index in [0.29, 0.717) is 17.9 Å². The lowest BCUT2D eigenvalue weighted by Gasteiger charge is -2.41. The predicted molar refractivity (Wildman–Crippen MR) is 110 cm³/mol. The zero-order valence-electron chi connectivity index (χ0n) is 16.4. The molecule has 0 saturated carbocycles. The average Bonchev–Trinajstić information content (AvgIpc) is 2.69. The van der Waals surface area contributed by atoms with E-state index in [1.54, 1.807) is 12.1 Å². The quantitative estimate of drug-likeness (QED) is 0.736. The van der Waals surface area contributed by atoms with Gasteiger partial charge in [-0.1, -0.05) is 12.1 Å². The van der Waals surface area contributed by atoms with Crippen LogP contribution in [0.5, 0.6) is 5.75 Å². The number of aromatic hydroxyl groups is 1. The van der Waals surface area contributed by atoms with Gasteiger partial charge in [-0.3, -0.25) is 4.90 Å².